The molecule has 0 unspecified atom stereocenters. The van der Waals surface area contributed by atoms with Gasteiger partial charge in [0, 0.05) is 11.3 Å². The monoisotopic (exact) mass is 468 g/mol. The molecule has 3 aromatic carbocycles. The summed E-state index contributed by atoms with van der Waals surface area (Å²) in [6, 6.07) is 24.2. The topological polar surface area (TPSA) is 75.3 Å². The Kier molecular flexibility index (Phi) is 6.08. The Morgan fingerprint density at radius 1 is 0.871 bits per heavy atom. The van der Waals surface area contributed by atoms with Crippen molar-refractivity contribution < 1.29 is 13.2 Å². The van der Waals surface area contributed by atoms with E-state index in [9.17, 15) is 13.2 Å². The number of nitrogens with one attached hydrogen (secondary N) is 2. The highest BCUT2D eigenvalue weighted by Gasteiger charge is 2.18. The fourth-order valence-electron chi connectivity index (χ4n) is 3.01. The zero-order chi connectivity index (χ0) is 21.8. The lowest BCUT2D eigenvalue weighted by molar-refractivity contribution is 0.103. The molecule has 0 spiro atoms. The Labute approximate surface area is 189 Å². The molecule has 1 amide bonds. The Bertz CT molecular complexity index is 1340. The number of para-hydroxylation sites is 1. The van der Waals surface area contributed by atoms with Crippen molar-refractivity contribution >= 4 is 50.2 Å². The zero-order valence-electron chi connectivity index (χ0n) is 16.1. The highest BCUT2D eigenvalue weighted by Crippen LogP contribution is 2.29. The molecule has 0 saturated carbocycles. The summed E-state index contributed by atoms with van der Waals surface area (Å²) in [6.07, 6.45) is 0. The maximum absolute atomic E-state index is 12.9. The third-order valence-corrected chi connectivity index (χ3v) is 7.08. The summed E-state index contributed by atoms with van der Waals surface area (Å²) in [5, 5.41) is 4.94. The van der Waals surface area contributed by atoms with Crippen LogP contribution in [-0.2, 0) is 10.0 Å². The van der Waals surface area contributed by atoms with Gasteiger partial charge in [-0.25, -0.2) is 8.42 Å². The highest BCUT2D eigenvalue weighted by atomic mass is 35.5. The molecule has 0 aliphatic carbocycles. The van der Waals surface area contributed by atoms with Gasteiger partial charge in [-0.15, -0.1) is 11.3 Å². The summed E-state index contributed by atoms with van der Waals surface area (Å²) in [5.41, 5.74) is 2.42. The number of anilines is 2. The minimum absolute atomic E-state index is 0.0136. The minimum atomic E-state index is -3.88. The fourth-order valence-corrected chi connectivity index (χ4v) is 5.18. The number of rotatable bonds is 6. The van der Waals surface area contributed by atoms with Crippen molar-refractivity contribution in [2.24, 2.45) is 0 Å². The van der Waals surface area contributed by atoms with Gasteiger partial charge >= 0.3 is 0 Å². The van der Waals surface area contributed by atoms with Crippen LogP contribution in [0.2, 0.25) is 5.02 Å². The number of hydrogen-bond acceptors (Lipinski definition) is 4. The number of carbonyl (C=O) groups is 1. The predicted octanol–water partition coefficient (Wildman–Crippen LogP) is 6.12. The number of benzene rings is 3. The average Bonchev–Trinajstić information content (AvgIpc) is 3.26. The molecule has 0 aliphatic rings. The van der Waals surface area contributed by atoms with Crippen molar-refractivity contribution in [1.29, 1.82) is 0 Å². The lowest BCUT2D eigenvalue weighted by Gasteiger charge is -2.11. The van der Waals surface area contributed by atoms with Gasteiger partial charge in [0.2, 0.25) is 0 Å². The van der Waals surface area contributed by atoms with E-state index in [2.05, 4.69) is 10.0 Å². The minimum Gasteiger partial charge on any atom is -0.321 e. The second-order valence-electron chi connectivity index (χ2n) is 6.60. The number of halogens is 1. The zero-order valence-corrected chi connectivity index (χ0v) is 18.5. The molecule has 5 nitrogen and oxygen atoms in total. The van der Waals surface area contributed by atoms with Crippen LogP contribution < -0.4 is 10.0 Å². The summed E-state index contributed by atoms with van der Waals surface area (Å²) < 4.78 is 28.0. The van der Waals surface area contributed by atoms with E-state index >= 15 is 0 Å². The molecule has 31 heavy (non-hydrogen) atoms. The predicted molar refractivity (Wildman–Crippen MR) is 126 cm³/mol. The lowest BCUT2D eigenvalue weighted by atomic mass is 10.1. The smallest absolute Gasteiger partial charge is 0.266 e. The van der Waals surface area contributed by atoms with Gasteiger partial charge in [0.25, 0.3) is 15.9 Å². The van der Waals surface area contributed by atoms with E-state index in [1.165, 1.54) is 23.5 Å². The van der Waals surface area contributed by atoms with Crippen LogP contribution in [0.25, 0.3) is 11.1 Å². The van der Waals surface area contributed by atoms with Crippen LogP contribution in [0.5, 0.6) is 0 Å². The van der Waals surface area contributed by atoms with Crippen molar-refractivity contribution in [3.8, 4) is 11.1 Å². The van der Waals surface area contributed by atoms with Crippen molar-refractivity contribution in [3.63, 3.8) is 0 Å². The standard InChI is InChI=1S/C23H17ClN2O3S2/c24-20-11-4-5-12-21(20)26-31(28,29)18-10-6-9-17(15-18)25-23(27)22-19(13-14-30-22)16-7-2-1-3-8-16/h1-15,26H,(H,25,27). The summed E-state index contributed by atoms with van der Waals surface area (Å²) in [5.74, 6) is -0.303. The van der Waals surface area contributed by atoms with Crippen LogP contribution in [0, 0.1) is 0 Å². The first kappa shape index (κ1) is 21.1. The quantitative estimate of drug-likeness (QED) is 0.358. The first-order valence-electron chi connectivity index (χ1n) is 9.26. The molecule has 0 aliphatic heterocycles. The fraction of sp³-hybridized carbons (Fsp3) is 0. The van der Waals surface area contributed by atoms with Gasteiger partial charge in [0.1, 0.15) is 0 Å². The van der Waals surface area contributed by atoms with E-state index < -0.39 is 10.0 Å². The number of hydrogen-bond donors (Lipinski definition) is 2. The number of amides is 1. The Morgan fingerprint density at radius 3 is 2.39 bits per heavy atom. The maximum Gasteiger partial charge on any atom is 0.266 e. The van der Waals surface area contributed by atoms with Gasteiger partial charge in [-0.05, 0) is 47.3 Å². The molecule has 1 aromatic heterocycles. The van der Waals surface area contributed by atoms with E-state index in [1.807, 2.05) is 41.8 Å². The molecule has 0 atom stereocenters. The molecular formula is C23H17ClN2O3S2. The first-order valence-corrected chi connectivity index (χ1v) is 12.0. The number of sulfonamides is 1. The van der Waals surface area contributed by atoms with Crippen LogP contribution in [0.15, 0.2) is 95.2 Å². The van der Waals surface area contributed by atoms with E-state index in [1.54, 1.807) is 36.4 Å². The first-order chi connectivity index (χ1) is 14.9. The van der Waals surface area contributed by atoms with Crippen molar-refractivity contribution in [2.75, 3.05) is 10.0 Å². The van der Waals surface area contributed by atoms with Gasteiger partial charge in [0.05, 0.1) is 20.5 Å². The normalized spacial score (nSPS) is 11.1. The van der Waals surface area contributed by atoms with Gasteiger partial charge < -0.3 is 5.32 Å². The van der Waals surface area contributed by atoms with Gasteiger partial charge in [0.15, 0.2) is 0 Å². The average molecular weight is 469 g/mol. The summed E-state index contributed by atoms with van der Waals surface area (Å²) >= 11 is 7.39. The second-order valence-corrected chi connectivity index (χ2v) is 9.60. The molecule has 1 heterocycles. The van der Waals surface area contributed by atoms with Crippen LogP contribution in [0.3, 0.4) is 0 Å². The van der Waals surface area contributed by atoms with E-state index in [0.717, 1.165) is 11.1 Å². The summed E-state index contributed by atoms with van der Waals surface area (Å²) in [4.78, 5) is 13.4. The summed E-state index contributed by atoms with van der Waals surface area (Å²) in [7, 11) is -3.88. The molecule has 8 heteroatoms. The highest BCUT2D eigenvalue weighted by molar-refractivity contribution is 7.92. The van der Waals surface area contributed by atoms with E-state index in [-0.39, 0.29) is 16.5 Å². The molecule has 0 bridgehead atoms. The molecule has 156 valence electrons. The second kappa shape index (κ2) is 8.93. The van der Waals surface area contributed by atoms with Crippen molar-refractivity contribution in [2.45, 2.75) is 4.90 Å². The van der Waals surface area contributed by atoms with E-state index in [0.29, 0.717) is 15.6 Å². The number of carbonyl (C=O) groups excluding carboxylic acids is 1. The summed E-state index contributed by atoms with van der Waals surface area (Å²) in [6.45, 7) is 0. The molecule has 4 aromatic rings. The Hall–Kier alpha value is -3.13. The molecule has 0 radical (unpaired) electrons. The van der Waals surface area contributed by atoms with Crippen LogP contribution in [-0.4, -0.2) is 14.3 Å². The maximum atomic E-state index is 12.9. The molecule has 4 rings (SSSR count). The number of thiophene rings is 1. The Morgan fingerprint density at radius 2 is 1.61 bits per heavy atom. The van der Waals surface area contributed by atoms with Crippen LogP contribution >= 0.6 is 22.9 Å². The largest absolute Gasteiger partial charge is 0.321 e. The van der Waals surface area contributed by atoms with Gasteiger partial charge in [-0.1, -0.05) is 60.1 Å². The third-order valence-electron chi connectivity index (χ3n) is 4.48. The lowest BCUT2D eigenvalue weighted by Crippen LogP contribution is -2.15. The molecule has 0 fully saturated rings. The molecule has 0 saturated heterocycles. The third kappa shape index (κ3) is 4.80. The van der Waals surface area contributed by atoms with Crippen LogP contribution in [0.4, 0.5) is 11.4 Å². The molecule has 2 N–H and O–H groups in total. The van der Waals surface area contributed by atoms with Gasteiger partial charge in [-0.3, -0.25) is 9.52 Å². The Balaban J connectivity index is 1.57. The van der Waals surface area contributed by atoms with E-state index in [4.69, 9.17) is 11.6 Å². The molecular weight excluding hydrogens is 452 g/mol. The SMILES string of the molecule is O=C(Nc1cccc(S(=O)(=O)Nc2ccccc2Cl)c1)c1sccc1-c1ccccc1. The van der Waals surface area contributed by atoms with Crippen molar-refractivity contribution in [1.82, 2.24) is 0 Å². The van der Waals surface area contributed by atoms with Crippen LogP contribution in [0.1, 0.15) is 9.67 Å². The van der Waals surface area contributed by atoms with Gasteiger partial charge in [-0.2, -0.15) is 0 Å². The van der Waals surface area contributed by atoms with Crippen molar-refractivity contribution in [3.05, 3.63) is 100 Å².